The fourth-order valence-corrected chi connectivity index (χ4v) is 4.81. The van der Waals surface area contributed by atoms with Gasteiger partial charge in [-0.1, -0.05) is 24.3 Å². The summed E-state index contributed by atoms with van der Waals surface area (Å²) < 4.78 is 42.7. The van der Waals surface area contributed by atoms with Crippen molar-refractivity contribution in [2.24, 2.45) is 11.7 Å². The molecule has 1 aliphatic heterocycles. The van der Waals surface area contributed by atoms with Crippen LogP contribution < -0.4 is 21.1 Å². The predicted octanol–water partition coefficient (Wildman–Crippen LogP) is 4.10. The number of halogens is 3. The number of anilines is 2. The number of aromatic nitrogens is 1. The fraction of sp³-hybridized carbons (Fsp3) is 0.261. The molecule has 2 aromatic carbocycles. The van der Waals surface area contributed by atoms with E-state index in [0.717, 1.165) is 12.1 Å². The van der Waals surface area contributed by atoms with Crippen LogP contribution in [0.25, 0.3) is 10.9 Å². The number of piperidine rings is 1. The normalized spacial score (nSPS) is 20.9. The molecule has 0 radical (unpaired) electrons. The minimum Gasteiger partial charge on any atom is -0.406 e. The molecule has 2 heterocycles. The van der Waals surface area contributed by atoms with Crippen LogP contribution in [-0.4, -0.2) is 45.9 Å². The van der Waals surface area contributed by atoms with Crippen LogP contribution in [0, 0.1) is 5.92 Å². The third-order valence-corrected chi connectivity index (χ3v) is 6.41. The Morgan fingerprint density at radius 1 is 1.09 bits per heavy atom. The van der Waals surface area contributed by atoms with E-state index in [1.165, 1.54) is 27.8 Å². The Hall–Kier alpha value is -4.22. The number of urea groups is 1. The molecule has 1 aromatic heterocycles. The first kappa shape index (κ1) is 22.6. The number of hydrogen-bond donors (Lipinski definition) is 3. The smallest absolute Gasteiger partial charge is 0.406 e. The Morgan fingerprint density at radius 3 is 2.57 bits per heavy atom. The van der Waals surface area contributed by atoms with Crippen molar-refractivity contribution in [2.45, 2.75) is 24.7 Å². The molecule has 0 bridgehead atoms. The van der Waals surface area contributed by atoms with Crippen LogP contribution in [0.15, 0.2) is 54.7 Å². The topological polar surface area (TPSA) is 119 Å². The number of nitrogens with two attached hydrogens (primary N) is 1. The van der Waals surface area contributed by atoms with Gasteiger partial charge in [0.05, 0.1) is 11.2 Å². The number of nitrogens with zero attached hydrogens (tertiary/aromatic N) is 2. The molecule has 182 valence electrons. The molecule has 35 heavy (non-hydrogen) atoms. The lowest BCUT2D eigenvalue weighted by molar-refractivity contribution is -0.274. The van der Waals surface area contributed by atoms with Gasteiger partial charge in [-0.25, -0.2) is 9.59 Å². The molecule has 9 nitrogen and oxygen atoms in total. The number of carbonyl (C=O) groups is 3. The van der Waals surface area contributed by atoms with Gasteiger partial charge in [-0.15, -0.1) is 13.2 Å². The van der Waals surface area contributed by atoms with Gasteiger partial charge >= 0.3 is 18.4 Å². The number of alkyl halides is 3. The lowest BCUT2D eigenvalue weighted by Crippen LogP contribution is -2.49. The van der Waals surface area contributed by atoms with E-state index in [1.54, 1.807) is 24.3 Å². The number of primary amides is 1. The minimum absolute atomic E-state index is 0.0604. The van der Waals surface area contributed by atoms with E-state index >= 15 is 0 Å². The summed E-state index contributed by atoms with van der Waals surface area (Å²) in [6.07, 6.45) is -2.39. The second kappa shape index (κ2) is 7.93. The lowest BCUT2D eigenvalue weighted by atomic mass is 10.2. The summed E-state index contributed by atoms with van der Waals surface area (Å²) in [5.74, 6) is -1.01. The third-order valence-electron chi connectivity index (χ3n) is 6.41. The molecule has 5 rings (SSSR count). The van der Waals surface area contributed by atoms with Crippen molar-refractivity contribution in [1.82, 2.24) is 9.47 Å². The number of likely N-dealkylation sites (tertiary alicyclic amines) is 1. The average molecular weight is 487 g/mol. The maximum absolute atomic E-state index is 13.2. The standard InChI is InChI=1S/C23H20F3N5O4/c24-23(25,26)35-15-5-3-4-14(10-15)28-19(32)22-11-13(22)8-9-31(22)21(34)29-17-12-30(20(27)33)18-7-2-1-6-16(17)18/h1-7,10,12-13H,8-9,11H2,(H2,27,33)(H,28,32)(H,29,34)/t13-,22+/m1/s1. The summed E-state index contributed by atoms with van der Waals surface area (Å²) in [6, 6.07) is 10.6. The van der Waals surface area contributed by atoms with Crippen molar-refractivity contribution in [3.63, 3.8) is 0 Å². The van der Waals surface area contributed by atoms with E-state index < -0.39 is 35.6 Å². The summed E-state index contributed by atoms with van der Waals surface area (Å²) in [4.78, 5) is 39.6. The van der Waals surface area contributed by atoms with Crippen LogP contribution in [0.5, 0.6) is 5.75 Å². The maximum atomic E-state index is 13.2. The van der Waals surface area contributed by atoms with Gasteiger partial charge in [-0.2, -0.15) is 0 Å². The molecule has 1 aliphatic carbocycles. The van der Waals surface area contributed by atoms with Gasteiger partial charge in [-0.05, 0) is 37.0 Å². The molecule has 2 aliphatic rings. The predicted molar refractivity (Wildman–Crippen MR) is 120 cm³/mol. The molecule has 3 aromatic rings. The van der Waals surface area contributed by atoms with Crippen LogP contribution in [0.2, 0.25) is 0 Å². The Bertz CT molecular complexity index is 1350. The number of carbonyl (C=O) groups excluding carboxylic acids is 3. The zero-order chi connectivity index (χ0) is 25.0. The van der Waals surface area contributed by atoms with Gasteiger partial charge in [0.1, 0.15) is 11.3 Å². The lowest BCUT2D eigenvalue weighted by Gasteiger charge is -2.27. The van der Waals surface area contributed by atoms with E-state index in [1.807, 2.05) is 0 Å². The molecule has 2 fully saturated rings. The molecule has 4 N–H and O–H groups in total. The number of nitrogens with one attached hydrogen (secondary N) is 2. The molecular weight excluding hydrogens is 467 g/mol. The summed E-state index contributed by atoms with van der Waals surface area (Å²) in [5, 5.41) is 5.99. The number of rotatable bonds is 4. The minimum atomic E-state index is -4.86. The van der Waals surface area contributed by atoms with Gasteiger partial charge in [0.25, 0.3) is 5.91 Å². The van der Waals surface area contributed by atoms with Crippen molar-refractivity contribution in [3.8, 4) is 5.75 Å². The summed E-state index contributed by atoms with van der Waals surface area (Å²) in [5.41, 5.74) is 5.33. The largest absolute Gasteiger partial charge is 0.573 e. The highest BCUT2D eigenvalue weighted by Crippen LogP contribution is 2.56. The molecular formula is C23H20F3N5O4. The maximum Gasteiger partial charge on any atom is 0.573 e. The SMILES string of the molecule is NC(=O)n1cc(NC(=O)N2CC[C@@H]3C[C@@]32C(=O)Nc2cccc(OC(F)(F)F)c2)c2ccccc21. The van der Waals surface area contributed by atoms with Crippen LogP contribution in [0.4, 0.5) is 34.1 Å². The summed E-state index contributed by atoms with van der Waals surface area (Å²) in [6.45, 7) is 0.329. The highest BCUT2D eigenvalue weighted by molar-refractivity contribution is 6.08. The second-order valence-corrected chi connectivity index (χ2v) is 8.49. The van der Waals surface area contributed by atoms with Crippen molar-refractivity contribution >= 4 is 40.2 Å². The number of hydrogen-bond acceptors (Lipinski definition) is 4. The van der Waals surface area contributed by atoms with Gasteiger partial charge in [0.2, 0.25) is 0 Å². The van der Waals surface area contributed by atoms with Crippen molar-refractivity contribution in [3.05, 3.63) is 54.7 Å². The first-order chi connectivity index (χ1) is 16.6. The summed E-state index contributed by atoms with van der Waals surface area (Å²) >= 11 is 0. The van der Waals surface area contributed by atoms with Gasteiger partial charge in [-0.3, -0.25) is 9.36 Å². The van der Waals surface area contributed by atoms with E-state index in [9.17, 15) is 27.6 Å². The monoisotopic (exact) mass is 487 g/mol. The molecule has 1 saturated carbocycles. The Morgan fingerprint density at radius 2 is 1.86 bits per heavy atom. The van der Waals surface area contributed by atoms with E-state index in [2.05, 4.69) is 15.4 Å². The van der Waals surface area contributed by atoms with Crippen LogP contribution in [-0.2, 0) is 4.79 Å². The Kier molecular flexibility index (Phi) is 5.11. The highest BCUT2D eigenvalue weighted by atomic mass is 19.4. The van der Waals surface area contributed by atoms with E-state index in [0.29, 0.717) is 36.0 Å². The van der Waals surface area contributed by atoms with Crippen molar-refractivity contribution in [2.75, 3.05) is 17.2 Å². The molecule has 0 unspecified atom stereocenters. The Balaban J connectivity index is 1.35. The number of benzene rings is 2. The van der Waals surface area contributed by atoms with Crippen LogP contribution in [0.3, 0.4) is 0 Å². The zero-order valence-electron chi connectivity index (χ0n) is 18.1. The van der Waals surface area contributed by atoms with Crippen molar-refractivity contribution < 1.29 is 32.3 Å². The second-order valence-electron chi connectivity index (χ2n) is 8.49. The van der Waals surface area contributed by atoms with Gasteiger partial charge in [0.15, 0.2) is 0 Å². The van der Waals surface area contributed by atoms with Crippen molar-refractivity contribution in [1.29, 1.82) is 0 Å². The third kappa shape index (κ3) is 4.00. The van der Waals surface area contributed by atoms with Crippen LogP contribution in [0.1, 0.15) is 12.8 Å². The first-order valence-electron chi connectivity index (χ1n) is 10.7. The molecule has 4 amide bonds. The number of ether oxygens (including phenoxy) is 1. The van der Waals surface area contributed by atoms with Gasteiger partial charge in [0, 0.05) is 29.9 Å². The van der Waals surface area contributed by atoms with Gasteiger partial charge < -0.3 is 26.0 Å². The Labute approximate surface area is 196 Å². The number of amides is 4. The fourth-order valence-electron chi connectivity index (χ4n) is 4.81. The number of fused-ring (bicyclic) bond motifs is 2. The highest BCUT2D eigenvalue weighted by Gasteiger charge is 2.68. The van der Waals surface area contributed by atoms with E-state index in [-0.39, 0.29) is 11.6 Å². The summed E-state index contributed by atoms with van der Waals surface area (Å²) in [7, 11) is 0. The van der Waals surface area contributed by atoms with E-state index in [4.69, 9.17) is 5.73 Å². The van der Waals surface area contributed by atoms with Crippen LogP contribution >= 0.6 is 0 Å². The average Bonchev–Trinajstić information content (AvgIpc) is 3.22. The zero-order valence-corrected chi connectivity index (χ0v) is 18.1. The number of para-hydroxylation sites is 1. The molecule has 0 spiro atoms. The quantitative estimate of drug-likeness (QED) is 0.513. The molecule has 12 heteroatoms. The molecule has 1 saturated heterocycles. The molecule has 2 atom stereocenters. The first-order valence-corrected chi connectivity index (χ1v) is 10.7.